The van der Waals surface area contributed by atoms with Crippen molar-refractivity contribution in [2.45, 2.75) is 32.7 Å². The quantitative estimate of drug-likeness (QED) is 0.640. The number of rotatable bonds is 8. The first kappa shape index (κ1) is 20.6. The second kappa shape index (κ2) is 9.85. The van der Waals surface area contributed by atoms with Crippen LogP contribution in [-0.2, 0) is 9.59 Å². The highest BCUT2D eigenvalue weighted by Gasteiger charge is 2.26. The van der Waals surface area contributed by atoms with Gasteiger partial charge in [-0.05, 0) is 18.1 Å². The van der Waals surface area contributed by atoms with E-state index in [2.05, 4.69) is 20.8 Å². The Morgan fingerprint density at radius 2 is 1.92 bits per heavy atom. The van der Waals surface area contributed by atoms with Gasteiger partial charge < -0.3 is 5.32 Å². The van der Waals surface area contributed by atoms with E-state index in [0.717, 1.165) is 12.0 Å². The van der Waals surface area contributed by atoms with Gasteiger partial charge >= 0.3 is 0 Å². The van der Waals surface area contributed by atoms with Crippen LogP contribution in [0.2, 0.25) is 5.02 Å². The van der Waals surface area contributed by atoms with Gasteiger partial charge in [-0.15, -0.1) is 21.8 Å². The van der Waals surface area contributed by atoms with Gasteiger partial charge in [0.05, 0.1) is 0 Å². The molecular formula is C17H20Cl2N4O2S. The van der Waals surface area contributed by atoms with Crippen LogP contribution >= 0.6 is 34.5 Å². The van der Waals surface area contributed by atoms with Gasteiger partial charge in [-0.25, -0.2) is 0 Å². The predicted octanol–water partition coefficient (Wildman–Crippen LogP) is 3.96. The van der Waals surface area contributed by atoms with Gasteiger partial charge in [0.15, 0.2) is 0 Å². The van der Waals surface area contributed by atoms with Crippen LogP contribution in [0.25, 0.3) is 10.6 Å². The van der Waals surface area contributed by atoms with E-state index in [1.54, 1.807) is 12.1 Å². The summed E-state index contributed by atoms with van der Waals surface area (Å²) in [4.78, 5) is 24.4. The molecular weight excluding hydrogens is 395 g/mol. The Morgan fingerprint density at radius 1 is 1.23 bits per heavy atom. The molecule has 0 aliphatic heterocycles. The molecule has 1 heterocycles. The summed E-state index contributed by atoms with van der Waals surface area (Å²) in [6, 6.07) is 6.55. The summed E-state index contributed by atoms with van der Waals surface area (Å²) in [6.45, 7) is 3.87. The van der Waals surface area contributed by atoms with Gasteiger partial charge in [0.2, 0.25) is 16.9 Å². The van der Waals surface area contributed by atoms with Crippen LogP contribution in [-0.4, -0.2) is 33.9 Å². The Labute approximate surface area is 166 Å². The zero-order valence-electron chi connectivity index (χ0n) is 14.5. The van der Waals surface area contributed by atoms with Crippen molar-refractivity contribution in [2.24, 2.45) is 5.92 Å². The molecule has 0 unspecified atom stereocenters. The lowest BCUT2D eigenvalue weighted by Gasteiger charge is -2.22. The monoisotopic (exact) mass is 414 g/mol. The van der Waals surface area contributed by atoms with Crippen molar-refractivity contribution < 1.29 is 9.59 Å². The number of hydrogen-bond donors (Lipinski definition) is 2. The highest BCUT2D eigenvalue weighted by molar-refractivity contribution is 7.18. The molecule has 1 aromatic carbocycles. The fourth-order valence-electron chi connectivity index (χ4n) is 2.20. The number of alkyl halides is 1. The molecule has 2 amide bonds. The van der Waals surface area contributed by atoms with Crippen molar-refractivity contribution >= 4 is 51.5 Å². The first-order valence-electron chi connectivity index (χ1n) is 8.20. The molecule has 2 N–H and O–H groups in total. The van der Waals surface area contributed by atoms with Crippen molar-refractivity contribution in [1.82, 2.24) is 15.5 Å². The van der Waals surface area contributed by atoms with E-state index in [0.29, 0.717) is 15.2 Å². The molecule has 0 saturated carbocycles. The van der Waals surface area contributed by atoms with E-state index in [4.69, 9.17) is 23.2 Å². The molecule has 1 aromatic heterocycles. The maximum Gasteiger partial charge on any atom is 0.249 e. The molecule has 9 heteroatoms. The highest BCUT2D eigenvalue weighted by atomic mass is 35.5. The molecule has 0 spiro atoms. The smallest absolute Gasteiger partial charge is 0.249 e. The minimum absolute atomic E-state index is 0.0297. The Morgan fingerprint density at radius 3 is 2.54 bits per heavy atom. The third kappa shape index (κ3) is 5.65. The van der Waals surface area contributed by atoms with Gasteiger partial charge in [0.1, 0.15) is 11.0 Å². The summed E-state index contributed by atoms with van der Waals surface area (Å²) in [5.74, 6) is -0.389. The maximum absolute atomic E-state index is 12.6. The van der Waals surface area contributed by atoms with Crippen LogP contribution in [0.15, 0.2) is 24.3 Å². The topological polar surface area (TPSA) is 84.0 Å². The molecule has 0 bridgehead atoms. The normalized spacial score (nSPS) is 13.1. The van der Waals surface area contributed by atoms with Crippen LogP contribution in [0.4, 0.5) is 5.13 Å². The van der Waals surface area contributed by atoms with Crippen LogP contribution < -0.4 is 10.6 Å². The van der Waals surface area contributed by atoms with Crippen molar-refractivity contribution in [1.29, 1.82) is 0 Å². The Kier molecular flexibility index (Phi) is 7.81. The minimum Gasteiger partial charge on any atom is -0.344 e. The number of carbonyl (C=O) groups excluding carboxylic acids is 2. The third-order valence-electron chi connectivity index (χ3n) is 3.88. The van der Waals surface area contributed by atoms with Crippen LogP contribution in [0, 0.1) is 5.92 Å². The number of carbonyl (C=O) groups is 2. The highest BCUT2D eigenvalue weighted by Crippen LogP contribution is 2.27. The molecule has 0 saturated heterocycles. The maximum atomic E-state index is 12.6. The molecule has 0 radical (unpaired) electrons. The number of nitrogens with one attached hydrogen (secondary N) is 2. The average Bonchev–Trinajstić information content (AvgIpc) is 3.08. The van der Waals surface area contributed by atoms with Crippen LogP contribution in [0.1, 0.15) is 26.7 Å². The predicted molar refractivity (Wildman–Crippen MR) is 106 cm³/mol. The van der Waals surface area contributed by atoms with E-state index in [-0.39, 0.29) is 30.0 Å². The largest absolute Gasteiger partial charge is 0.344 e. The van der Waals surface area contributed by atoms with Gasteiger partial charge in [-0.2, -0.15) is 0 Å². The lowest BCUT2D eigenvalue weighted by Crippen LogP contribution is -2.47. The minimum atomic E-state index is -0.654. The van der Waals surface area contributed by atoms with E-state index >= 15 is 0 Å². The van der Waals surface area contributed by atoms with Crippen molar-refractivity contribution in [3.8, 4) is 10.6 Å². The van der Waals surface area contributed by atoms with Crippen LogP contribution in [0.3, 0.4) is 0 Å². The van der Waals surface area contributed by atoms with E-state index < -0.39 is 6.04 Å². The molecule has 2 rings (SSSR count). The summed E-state index contributed by atoms with van der Waals surface area (Å²) in [5, 5.41) is 15.3. The zero-order chi connectivity index (χ0) is 19.1. The standard InChI is InChI=1S/C17H20Cl2N4O2S/c1-3-10(2)14(20-13(24)8-9-18)15(25)21-17-23-22-16(26-17)11-4-6-12(19)7-5-11/h4-7,10,14H,3,8-9H2,1-2H3,(H,20,24)(H,21,23,25)/t10-,14-/m0/s1. The van der Waals surface area contributed by atoms with Gasteiger partial charge in [0.25, 0.3) is 0 Å². The van der Waals surface area contributed by atoms with Crippen molar-refractivity contribution in [2.75, 3.05) is 11.2 Å². The molecule has 0 aliphatic carbocycles. The number of aromatic nitrogens is 2. The first-order chi connectivity index (χ1) is 12.4. The molecule has 2 atom stereocenters. The molecule has 0 fully saturated rings. The molecule has 6 nitrogen and oxygen atoms in total. The van der Waals surface area contributed by atoms with Gasteiger partial charge in [0, 0.05) is 22.9 Å². The Bertz CT molecular complexity index is 751. The summed E-state index contributed by atoms with van der Waals surface area (Å²) >= 11 is 12.7. The van der Waals surface area contributed by atoms with Crippen molar-refractivity contribution in [3.63, 3.8) is 0 Å². The van der Waals surface area contributed by atoms with E-state index in [1.807, 2.05) is 26.0 Å². The molecule has 26 heavy (non-hydrogen) atoms. The number of nitrogens with zero attached hydrogens (tertiary/aromatic N) is 2. The van der Waals surface area contributed by atoms with Gasteiger partial charge in [-0.1, -0.05) is 55.3 Å². The summed E-state index contributed by atoms with van der Waals surface area (Å²) in [5.41, 5.74) is 0.862. The van der Waals surface area contributed by atoms with E-state index in [9.17, 15) is 9.59 Å². The lowest BCUT2D eigenvalue weighted by atomic mass is 9.98. The SMILES string of the molecule is CC[C@H](C)[C@H](NC(=O)CCCl)C(=O)Nc1nnc(-c2ccc(Cl)cc2)s1. The molecule has 2 aromatic rings. The average molecular weight is 415 g/mol. The number of anilines is 1. The zero-order valence-corrected chi connectivity index (χ0v) is 16.8. The number of hydrogen-bond acceptors (Lipinski definition) is 5. The number of benzene rings is 1. The second-order valence-electron chi connectivity index (χ2n) is 5.78. The third-order valence-corrected chi connectivity index (χ3v) is 5.21. The molecule has 0 aliphatic rings. The fraction of sp³-hybridized carbons (Fsp3) is 0.412. The van der Waals surface area contributed by atoms with E-state index in [1.165, 1.54) is 11.3 Å². The fourth-order valence-corrected chi connectivity index (χ4v) is 3.25. The number of halogens is 2. The summed E-state index contributed by atoms with van der Waals surface area (Å²) < 4.78 is 0. The second-order valence-corrected chi connectivity index (χ2v) is 7.57. The first-order valence-corrected chi connectivity index (χ1v) is 9.93. The van der Waals surface area contributed by atoms with Crippen molar-refractivity contribution in [3.05, 3.63) is 29.3 Å². The van der Waals surface area contributed by atoms with Crippen LogP contribution in [0.5, 0.6) is 0 Å². The lowest BCUT2D eigenvalue weighted by molar-refractivity contribution is -0.127. The molecule has 140 valence electrons. The summed E-state index contributed by atoms with van der Waals surface area (Å²) in [6.07, 6.45) is 0.909. The number of amides is 2. The Balaban J connectivity index is 2.08. The summed E-state index contributed by atoms with van der Waals surface area (Å²) in [7, 11) is 0. The van der Waals surface area contributed by atoms with Gasteiger partial charge in [-0.3, -0.25) is 14.9 Å². The Hall–Kier alpha value is -1.70.